The van der Waals surface area contributed by atoms with E-state index in [1.165, 1.54) is 13.2 Å². The molecule has 3 aromatic rings. The van der Waals surface area contributed by atoms with Crippen molar-refractivity contribution in [2.45, 2.75) is 6.92 Å². The molecule has 8 heteroatoms. The first-order valence-electron chi connectivity index (χ1n) is 11.5. The van der Waals surface area contributed by atoms with Gasteiger partial charge >= 0.3 is 0 Å². The quantitative estimate of drug-likeness (QED) is 0.324. The fraction of sp³-hybridized carbons (Fsp3) is 0.214. The molecule has 0 radical (unpaired) electrons. The average molecular weight is 490 g/mol. The third-order valence-corrected chi connectivity index (χ3v) is 5.26. The summed E-state index contributed by atoms with van der Waals surface area (Å²) in [6.45, 7) is 3.00. The Hall–Kier alpha value is -4.46. The maximum absolute atomic E-state index is 12.7. The third-order valence-electron chi connectivity index (χ3n) is 5.26. The van der Waals surface area contributed by atoms with E-state index in [9.17, 15) is 9.59 Å². The van der Waals surface area contributed by atoms with Gasteiger partial charge in [0.15, 0.2) is 35.4 Å². The van der Waals surface area contributed by atoms with Gasteiger partial charge in [-0.2, -0.15) is 0 Å². The van der Waals surface area contributed by atoms with E-state index in [2.05, 4.69) is 5.32 Å². The molecule has 1 aliphatic heterocycles. The molecule has 8 nitrogen and oxygen atoms in total. The molecule has 4 rings (SSSR count). The lowest BCUT2D eigenvalue weighted by Crippen LogP contribution is -2.20. The van der Waals surface area contributed by atoms with Crippen molar-refractivity contribution in [3.8, 4) is 28.7 Å². The number of rotatable bonds is 10. The summed E-state index contributed by atoms with van der Waals surface area (Å²) in [5, 5.41) is 2.77. The lowest BCUT2D eigenvalue weighted by molar-refractivity contribution is -0.118. The second kappa shape index (κ2) is 11.8. The summed E-state index contributed by atoms with van der Waals surface area (Å²) < 4.78 is 27.7. The van der Waals surface area contributed by atoms with Crippen molar-refractivity contribution < 1.29 is 33.3 Å². The van der Waals surface area contributed by atoms with E-state index in [0.717, 1.165) is 5.56 Å². The maximum atomic E-state index is 12.7. The predicted octanol–water partition coefficient (Wildman–Crippen LogP) is 4.78. The van der Waals surface area contributed by atoms with Crippen molar-refractivity contribution in [1.82, 2.24) is 0 Å². The standard InChI is InChI=1S/C28H27NO7/c1-3-33-26-16-19(8-11-22(30)20-10-13-24-27(17-20)35-15-14-34-24)9-12-25(26)36-18-28(31)29-21-6-4-5-7-23(21)32-2/h4-13,16-17H,3,14-15,18H2,1-2H3,(H,29,31)/b11-8+. The van der Waals surface area contributed by atoms with Gasteiger partial charge in [0.2, 0.25) is 0 Å². The van der Waals surface area contributed by atoms with Crippen LogP contribution in [0.4, 0.5) is 5.69 Å². The Kier molecular flexibility index (Phi) is 8.08. The molecule has 0 unspecified atom stereocenters. The highest BCUT2D eigenvalue weighted by Crippen LogP contribution is 2.32. The Morgan fingerprint density at radius 3 is 2.53 bits per heavy atom. The van der Waals surface area contributed by atoms with Crippen LogP contribution >= 0.6 is 0 Å². The SMILES string of the molecule is CCOc1cc(/C=C/C(=O)c2ccc3c(c2)OCCO3)ccc1OCC(=O)Nc1ccccc1OC. The topological polar surface area (TPSA) is 92.3 Å². The van der Waals surface area contributed by atoms with Gasteiger partial charge < -0.3 is 29.0 Å². The van der Waals surface area contributed by atoms with Gasteiger partial charge in [-0.05, 0) is 61.0 Å². The fourth-order valence-corrected chi connectivity index (χ4v) is 3.56. The second-order valence-electron chi connectivity index (χ2n) is 7.73. The molecule has 1 aliphatic rings. The van der Waals surface area contributed by atoms with Gasteiger partial charge in [0.1, 0.15) is 19.0 Å². The summed E-state index contributed by atoms with van der Waals surface area (Å²) in [4.78, 5) is 25.1. The highest BCUT2D eigenvalue weighted by atomic mass is 16.6. The van der Waals surface area contributed by atoms with Crippen molar-refractivity contribution >= 4 is 23.5 Å². The summed E-state index contributed by atoms with van der Waals surface area (Å²) in [6, 6.07) is 17.5. The largest absolute Gasteiger partial charge is 0.495 e. The maximum Gasteiger partial charge on any atom is 0.262 e. The van der Waals surface area contributed by atoms with E-state index in [1.807, 2.05) is 13.0 Å². The normalized spacial score (nSPS) is 12.2. The minimum absolute atomic E-state index is 0.168. The first-order chi connectivity index (χ1) is 17.6. The van der Waals surface area contributed by atoms with Crippen molar-refractivity contribution in [2.24, 2.45) is 0 Å². The summed E-state index contributed by atoms with van der Waals surface area (Å²) in [7, 11) is 1.54. The summed E-state index contributed by atoms with van der Waals surface area (Å²) >= 11 is 0. The Bertz CT molecular complexity index is 1270. The number of anilines is 1. The number of carbonyl (C=O) groups excluding carboxylic acids is 2. The van der Waals surface area contributed by atoms with Crippen LogP contribution in [0.1, 0.15) is 22.8 Å². The van der Waals surface area contributed by atoms with Crippen LogP contribution < -0.4 is 29.0 Å². The lowest BCUT2D eigenvalue weighted by Gasteiger charge is -2.18. The number of hydrogen-bond donors (Lipinski definition) is 1. The number of benzene rings is 3. The van der Waals surface area contributed by atoms with Crippen LogP contribution in [-0.2, 0) is 4.79 Å². The molecule has 3 aromatic carbocycles. The fourth-order valence-electron chi connectivity index (χ4n) is 3.56. The number of fused-ring (bicyclic) bond motifs is 1. The first kappa shape index (κ1) is 24.7. The molecule has 1 N–H and O–H groups in total. The van der Waals surface area contributed by atoms with Crippen LogP contribution in [0.3, 0.4) is 0 Å². The molecule has 0 saturated heterocycles. The molecule has 1 heterocycles. The molecule has 0 aliphatic carbocycles. The van der Waals surface area contributed by atoms with E-state index in [1.54, 1.807) is 60.7 Å². The Labute approximate surface area is 209 Å². The van der Waals surface area contributed by atoms with Gasteiger partial charge in [-0.25, -0.2) is 0 Å². The van der Waals surface area contributed by atoms with Crippen LogP contribution in [-0.4, -0.2) is 45.2 Å². The molecule has 36 heavy (non-hydrogen) atoms. The molecular weight excluding hydrogens is 462 g/mol. The van der Waals surface area contributed by atoms with Gasteiger partial charge in [-0.1, -0.05) is 24.3 Å². The van der Waals surface area contributed by atoms with Gasteiger partial charge in [0.25, 0.3) is 5.91 Å². The van der Waals surface area contributed by atoms with Gasteiger partial charge in [0.05, 0.1) is 19.4 Å². The van der Waals surface area contributed by atoms with E-state index in [0.29, 0.717) is 59.8 Å². The van der Waals surface area contributed by atoms with Crippen molar-refractivity contribution in [3.05, 3.63) is 77.9 Å². The smallest absolute Gasteiger partial charge is 0.262 e. The number of carbonyl (C=O) groups is 2. The van der Waals surface area contributed by atoms with Crippen LogP contribution in [0.15, 0.2) is 66.7 Å². The number of amides is 1. The number of hydrogen-bond acceptors (Lipinski definition) is 7. The zero-order valence-corrected chi connectivity index (χ0v) is 20.1. The van der Waals surface area contributed by atoms with Crippen LogP contribution in [0.2, 0.25) is 0 Å². The minimum Gasteiger partial charge on any atom is -0.495 e. The van der Waals surface area contributed by atoms with Crippen molar-refractivity contribution in [1.29, 1.82) is 0 Å². The van der Waals surface area contributed by atoms with Gasteiger partial charge in [0, 0.05) is 5.56 Å². The Morgan fingerprint density at radius 1 is 0.917 bits per heavy atom. The number of methoxy groups -OCH3 is 1. The number of ether oxygens (including phenoxy) is 5. The highest BCUT2D eigenvalue weighted by Gasteiger charge is 2.14. The highest BCUT2D eigenvalue weighted by molar-refractivity contribution is 6.07. The summed E-state index contributed by atoms with van der Waals surface area (Å²) in [5.41, 5.74) is 1.80. The van der Waals surface area contributed by atoms with Crippen LogP contribution in [0.5, 0.6) is 28.7 Å². The van der Waals surface area contributed by atoms with Crippen LogP contribution in [0.25, 0.3) is 6.08 Å². The van der Waals surface area contributed by atoms with E-state index < -0.39 is 0 Å². The van der Waals surface area contributed by atoms with Crippen molar-refractivity contribution in [3.63, 3.8) is 0 Å². The zero-order chi connectivity index (χ0) is 25.3. The molecule has 1 amide bonds. The van der Waals surface area contributed by atoms with Gasteiger partial charge in [-0.3, -0.25) is 9.59 Å². The number of nitrogens with one attached hydrogen (secondary N) is 1. The third kappa shape index (κ3) is 6.15. The van der Waals surface area contributed by atoms with Crippen molar-refractivity contribution in [2.75, 3.05) is 38.9 Å². The Balaban J connectivity index is 1.40. The lowest BCUT2D eigenvalue weighted by atomic mass is 10.1. The van der Waals surface area contributed by atoms with E-state index in [-0.39, 0.29) is 18.3 Å². The molecule has 0 spiro atoms. The monoisotopic (exact) mass is 489 g/mol. The van der Waals surface area contributed by atoms with Gasteiger partial charge in [-0.15, -0.1) is 0 Å². The predicted molar refractivity (Wildman–Crippen MR) is 136 cm³/mol. The number of para-hydroxylation sites is 2. The zero-order valence-electron chi connectivity index (χ0n) is 20.1. The average Bonchev–Trinajstić information content (AvgIpc) is 2.91. The van der Waals surface area contributed by atoms with E-state index >= 15 is 0 Å². The summed E-state index contributed by atoms with van der Waals surface area (Å²) in [6.07, 6.45) is 3.18. The second-order valence-corrected chi connectivity index (χ2v) is 7.73. The summed E-state index contributed by atoms with van der Waals surface area (Å²) in [5.74, 6) is 2.14. The first-order valence-corrected chi connectivity index (χ1v) is 11.5. The number of ketones is 1. The molecule has 0 aromatic heterocycles. The molecular formula is C28H27NO7. The Morgan fingerprint density at radius 2 is 1.72 bits per heavy atom. The molecule has 186 valence electrons. The molecule has 0 atom stereocenters. The van der Waals surface area contributed by atoms with Crippen LogP contribution in [0, 0.1) is 0 Å². The van der Waals surface area contributed by atoms with E-state index in [4.69, 9.17) is 23.7 Å². The molecule has 0 bridgehead atoms. The molecule has 0 fully saturated rings. The molecule has 0 saturated carbocycles. The minimum atomic E-state index is -0.337. The number of allylic oxidation sites excluding steroid dienone is 1.